The third-order valence-electron chi connectivity index (χ3n) is 6.01. The number of carbonyl (C=O) groups is 3. The van der Waals surface area contributed by atoms with Gasteiger partial charge in [0.05, 0.1) is 0 Å². The summed E-state index contributed by atoms with van der Waals surface area (Å²) in [6, 6.07) is 6.97. The van der Waals surface area contributed by atoms with Crippen molar-refractivity contribution in [1.29, 1.82) is 0 Å². The number of aromatic nitrogens is 2. The van der Waals surface area contributed by atoms with Gasteiger partial charge in [-0.3, -0.25) is 19.7 Å². The van der Waals surface area contributed by atoms with Crippen LogP contribution in [0.2, 0.25) is 0 Å². The van der Waals surface area contributed by atoms with Crippen LogP contribution in [0.25, 0.3) is 0 Å². The lowest BCUT2D eigenvalue weighted by Gasteiger charge is -2.29. The molecule has 3 amide bonds. The first kappa shape index (κ1) is 17.8. The Kier molecular flexibility index (Phi) is 4.26. The van der Waals surface area contributed by atoms with Gasteiger partial charge < -0.3 is 10.2 Å². The van der Waals surface area contributed by atoms with Crippen molar-refractivity contribution in [2.45, 2.75) is 50.6 Å². The second kappa shape index (κ2) is 6.95. The van der Waals surface area contributed by atoms with Crippen LogP contribution in [0.3, 0.4) is 0 Å². The molecule has 1 aromatic carbocycles. The Morgan fingerprint density at radius 1 is 1.07 bits per heavy atom. The number of benzene rings is 1. The molecule has 1 aromatic heterocycles. The summed E-state index contributed by atoms with van der Waals surface area (Å²) in [4.78, 5) is 46.7. The standard InChI is InChI=1S/C21H21N5O3/c27-19-7-6-17(20(28)25-19)26-10-13-4-5-14(8-15(13)21(26)29)24-18-9-16(22-11-23-18)12-2-1-3-12/h4-5,8-9,11-12,17H,1-3,6-7,10H2,(H,22,23,24)(H,25,27,28). The molecule has 1 saturated heterocycles. The van der Waals surface area contributed by atoms with Gasteiger partial charge >= 0.3 is 0 Å². The third kappa shape index (κ3) is 3.24. The highest BCUT2D eigenvalue weighted by molar-refractivity contribution is 6.05. The molecule has 8 heteroatoms. The fraction of sp³-hybridized carbons (Fsp3) is 0.381. The van der Waals surface area contributed by atoms with Gasteiger partial charge in [-0.2, -0.15) is 0 Å². The molecule has 8 nitrogen and oxygen atoms in total. The Balaban J connectivity index is 1.34. The molecular weight excluding hydrogens is 370 g/mol. The number of nitrogens with zero attached hydrogens (tertiary/aromatic N) is 3. The van der Waals surface area contributed by atoms with E-state index >= 15 is 0 Å². The molecule has 3 heterocycles. The smallest absolute Gasteiger partial charge is 0.255 e. The summed E-state index contributed by atoms with van der Waals surface area (Å²) in [7, 11) is 0. The van der Waals surface area contributed by atoms with Crippen molar-refractivity contribution in [1.82, 2.24) is 20.2 Å². The Labute approximate surface area is 167 Å². The minimum absolute atomic E-state index is 0.184. The van der Waals surface area contributed by atoms with E-state index < -0.39 is 11.9 Å². The van der Waals surface area contributed by atoms with E-state index in [-0.39, 0.29) is 18.2 Å². The van der Waals surface area contributed by atoms with Crippen LogP contribution in [0.4, 0.5) is 11.5 Å². The number of imide groups is 1. The van der Waals surface area contributed by atoms with Crippen LogP contribution in [-0.2, 0) is 16.1 Å². The molecule has 1 aliphatic carbocycles. The zero-order valence-electron chi connectivity index (χ0n) is 15.9. The molecule has 0 spiro atoms. The molecule has 1 saturated carbocycles. The average molecular weight is 391 g/mol. The van der Waals surface area contributed by atoms with E-state index in [4.69, 9.17) is 0 Å². The monoisotopic (exact) mass is 391 g/mol. The molecule has 2 aromatic rings. The highest BCUT2D eigenvalue weighted by Crippen LogP contribution is 2.36. The average Bonchev–Trinajstić information content (AvgIpc) is 2.97. The summed E-state index contributed by atoms with van der Waals surface area (Å²) in [6.07, 6.45) is 5.76. The first-order chi connectivity index (χ1) is 14.1. The van der Waals surface area contributed by atoms with Gasteiger partial charge in [-0.25, -0.2) is 9.97 Å². The number of hydrogen-bond acceptors (Lipinski definition) is 6. The molecule has 2 N–H and O–H groups in total. The van der Waals surface area contributed by atoms with Crippen LogP contribution >= 0.6 is 0 Å². The minimum Gasteiger partial charge on any atom is -0.340 e. The molecule has 29 heavy (non-hydrogen) atoms. The van der Waals surface area contributed by atoms with Gasteiger partial charge in [0.1, 0.15) is 18.2 Å². The molecule has 0 radical (unpaired) electrons. The predicted octanol–water partition coefficient (Wildman–Crippen LogP) is 2.25. The van der Waals surface area contributed by atoms with E-state index in [1.165, 1.54) is 19.3 Å². The maximum absolute atomic E-state index is 12.9. The topological polar surface area (TPSA) is 104 Å². The lowest BCUT2D eigenvalue weighted by atomic mass is 9.83. The van der Waals surface area contributed by atoms with Crippen LogP contribution in [-0.4, -0.2) is 38.6 Å². The SMILES string of the molecule is O=C1CCC(N2Cc3ccc(Nc4cc(C5CCC5)ncn4)cc3C2=O)C(=O)N1. The first-order valence-corrected chi connectivity index (χ1v) is 9.95. The van der Waals surface area contributed by atoms with Crippen molar-refractivity contribution in [2.24, 2.45) is 0 Å². The van der Waals surface area contributed by atoms with Crippen molar-refractivity contribution < 1.29 is 14.4 Å². The number of nitrogens with one attached hydrogen (secondary N) is 2. The quantitative estimate of drug-likeness (QED) is 0.775. The first-order valence-electron chi connectivity index (χ1n) is 9.95. The van der Waals surface area contributed by atoms with Gasteiger partial charge in [0.15, 0.2) is 0 Å². The Hall–Kier alpha value is -3.29. The van der Waals surface area contributed by atoms with E-state index in [0.717, 1.165) is 16.9 Å². The predicted molar refractivity (Wildman–Crippen MR) is 104 cm³/mol. The number of amides is 3. The Morgan fingerprint density at radius 2 is 1.93 bits per heavy atom. The normalized spacial score (nSPS) is 21.6. The molecular formula is C21H21N5O3. The highest BCUT2D eigenvalue weighted by atomic mass is 16.2. The number of carbonyl (C=O) groups excluding carboxylic acids is 3. The number of rotatable bonds is 4. The van der Waals surface area contributed by atoms with Crippen molar-refractivity contribution in [2.75, 3.05) is 5.32 Å². The lowest BCUT2D eigenvalue weighted by Crippen LogP contribution is -2.52. The van der Waals surface area contributed by atoms with Crippen LogP contribution in [0.15, 0.2) is 30.6 Å². The molecule has 1 atom stereocenters. The van der Waals surface area contributed by atoms with Crippen LogP contribution in [0.1, 0.15) is 59.6 Å². The summed E-state index contributed by atoms with van der Waals surface area (Å²) in [5, 5.41) is 5.58. The van der Waals surface area contributed by atoms with Gasteiger partial charge in [-0.15, -0.1) is 0 Å². The van der Waals surface area contributed by atoms with Crippen LogP contribution < -0.4 is 10.6 Å². The van der Waals surface area contributed by atoms with E-state index in [9.17, 15) is 14.4 Å². The van der Waals surface area contributed by atoms with Crippen molar-refractivity contribution in [3.8, 4) is 0 Å². The van der Waals surface area contributed by atoms with Gasteiger partial charge in [0.25, 0.3) is 5.91 Å². The van der Waals surface area contributed by atoms with E-state index in [0.29, 0.717) is 30.3 Å². The van der Waals surface area contributed by atoms with Gasteiger partial charge in [0.2, 0.25) is 11.8 Å². The summed E-state index contributed by atoms with van der Waals surface area (Å²) in [5.41, 5.74) is 3.27. The van der Waals surface area contributed by atoms with E-state index in [1.807, 2.05) is 18.2 Å². The van der Waals surface area contributed by atoms with E-state index in [1.54, 1.807) is 17.3 Å². The van der Waals surface area contributed by atoms with Crippen molar-refractivity contribution in [3.63, 3.8) is 0 Å². The minimum atomic E-state index is -0.601. The number of piperidine rings is 1. The number of anilines is 2. The van der Waals surface area contributed by atoms with Crippen molar-refractivity contribution in [3.05, 3.63) is 47.4 Å². The maximum atomic E-state index is 12.9. The highest BCUT2D eigenvalue weighted by Gasteiger charge is 2.39. The van der Waals surface area contributed by atoms with Crippen molar-refractivity contribution >= 4 is 29.2 Å². The summed E-state index contributed by atoms with van der Waals surface area (Å²) in [6.45, 7) is 0.375. The zero-order chi connectivity index (χ0) is 20.0. The van der Waals surface area contributed by atoms with Crippen LogP contribution in [0, 0.1) is 0 Å². The fourth-order valence-electron chi connectivity index (χ4n) is 4.15. The van der Waals surface area contributed by atoms with Gasteiger partial charge in [-0.05, 0) is 37.0 Å². The Morgan fingerprint density at radius 3 is 2.69 bits per heavy atom. The number of hydrogen-bond donors (Lipinski definition) is 2. The van der Waals surface area contributed by atoms with Gasteiger partial charge in [-0.1, -0.05) is 12.5 Å². The molecule has 2 aliphatic heterocycles. The Bertz CT molecular complexity index is 1020. The lowest BCUT2D eigenvalue weighted by molar-refractivity contribution is -0.136. The van der Waals surface area contributed by atoms with Crippen LogP contribution in [0.5, 0.6) is 0 Å². The second-order valence-electron chi connectivity index (χ2n) is 7.85. The third-order valence-corrected chi connectivity index (χ3v) is 6.01. The molecule has 0 bridgehead atoms. The van der Waals surface area contributed by atoms with Gasteiger partial charge in [0, 0.05) is 41.9 Å². The molecule has 3 aliphatic rings. The zero-order valence-corrected chi connectivity index (χ0v) is 15.9. The maximum Gasteiger partial charge on any atom is 0.255 e. The fourth-order valence-corrected chi connectivity index (χ4v) is 4.15. The molecule has 1 unspecified atom stereocenters. The summed E-state index contributed by atoms with van der Waals surface area (Å²) >= 11 is 0. The van der Waals surface area contributed by atoms with E-state index in [2.05, 4.69) is 20.6 Å². The largest absolute Gasteiger partial charge is 0.340 e. The summed E-state index contributed by atoms with van der Waals surface area (Å²) < 4.78 is 0. The molecule has 148 valence electrons. The summed E-state index contributed by atoms with van der Waals surface area (Å²) in [5.74, 6) is 0.353. The second-order valence-corrected chi connectivity index (χ2v) is 7.85. The molecule has 2 fully saturated rings. The number of fused-ring (bicyclic) bond motifs is 1. The molecule has 5 rings (SSSR count).